The van der Waals surface area contributed by atoms with Gasteiger partial charge in [0.2, 0.25) is 0 Å². The Balaban J connectivity index is 1.98. The number of hydrogen-bond donors (Lipinski definition) is 0. The molecule has 1 aromatic heterocycles. The Kier molecular flexibility index (Phi) is 4.33. The molecule has 3 rings (SSSR count). The lowest BCUT2D eigenvalue weighted by Gasteiger charge is -2.09. The summed E-state index contributed by atoms with van der Waals surface area (Å²) in [5.41, 5.74) is 1.43. The average Bonchev–Trinajstić information content (AvgIpc) is 2.75. The van der Waals surface area contributed by atoms with Gasteiger partial charge in [-0.1, -0.05) is 35.3 Å². The van der Waals surface area contributed by atoms with Crippen LogP contribution in [0.5, 0.6) is 0 Å². The van der Waals surface area contributed by atoms with E-state index in [1.54, 1.807) is 16.7 Å². The van der Waals surface area contributed by atoms with Gasteiger partial charge in [-0.2, -0.15) is 13.2 Å². The van der Waals surface area contributed by atoms with Gasteiger partial charge in [0.25, 0.3) is 0 Å². The molecule has 0 aliphatic heterocycles. The van der Waals surface area contributed by atoms with Crippen LogP contribution in [0.3, 0.4) is 0 Å². The molecule has 0 unspecified atom stereocenters. The Labute approximate surface area is 148 Å². The number of benzene rings is 2. The minimum absolute atomic E-state index is 0.354. The first-order valence-electron chi connectivity index (χ1n) is 6.42. The van der Waals surface area contributed by atoms with Crippen LogP contribution in [-0.4, -0.2) is 9.55 Å². The van der Waals surface area contributed by atoms with Crippen LogP contribution in [0.4, 0.5) is 13.2 Å². The van der Waals surface area contributed by atoms with E-state index in [-0.39, 0.29) is 0 Å². The fraction of sp³-hybridized carbons (Fsp3) is 0.133. The summed E-state index contributed by atoms with van der Waals surface area (Å²) in [4.78, 5) is 4.32. The zero-order valence-corrected chi connectivity index (χ0v) is 14.4. The summed E-state index contributed by atoms with van der Waals surface area (Å²) in [6.07, 6.45) is -4.34. The highest BCUT2D eigenvalue weighted by Crippen LogP contribution is 2.31. The number of rotatable bonds is 2. The van der Waals surface area contributed by atoms with Crippen LogP contribution in [0.2, 0.25) is 10.0 Å². The van der Waals surface area contributed by atoms with Crippen LogP contribution in [0.15, 0.2) is 41.1 Å². The minimum atomic E-state index is -4.34. The topological polar surface area (TPSA) is 17.8 Å². The van der Waals surface area contributed by atoms with Gasteiger partial charge in [0.15, 0.2) is 4.73 Å². The van der Waals surface area contributed by atoms with Crippen LogP contribution in [0.1, 0.15) is 11.1 Å². The molecule has 23 heavy (non-hydrogen) atoms. The zero-order chi connectivity index (χ0) is 16.8. The molecule has 0 saturated heterocycles. The molecule has 0 aliphatic carbocycles. The van der Waals surface area contributed by atoms with E-state index in [1.165, 1.54) is 12.1 Å². The number of alkyl halides is 3. The average molecular weight is 424 g/mol. The number of hydrogen-bond acceptors (Lipinski definition) is 1. The van der Waals surface area contributed by atoms with E-state index in [1.807, 2.05) is 0 Å². The molecule has 3 aromatic rings. The van der Waals surface area contributed by atoms with Gasteiger partial charge in [-0.15, -0.1) is 0 Å². The van der Waals surface area contributed by atoms with Crippen molar-refractivity contribution in [2.75, 3.05) is 0 Å². The molecular formula is C15H8BrCl2F3N2. The molecule has 0 spiro atoms. The number of nitrogens with zero attached hydrogens (tertiary/aromatic N) is 2. The first-order valence-corrected chi connectivity index (χ1v) is 7.97. The van der Waals surface area contributed by atoms with E-state index in [2.05, 4.69) is 20.9 Å². The third-order valence-corrected chi connectivity index (χ3v) is 4.69. The predicted molar refractivity (Wildman–Crippen MR) is 88.0 cm³/mol. The number of halogens is 6. The third-order valence-electron chi connectivity index (χ3n) is 3.37. The Morgan fingerprint density at radius 2 is 1.65 bits per heavy atom. The Hall–Kier alpha value is -1.24. The maximum absolute atomic E-state index is 12.6. The molecule has 0 aliphatic rings. The standard InChI is InChI=1S/C15H8BrCl2F3N2/c16-14-22-12-5-10(17)11(18)6-13(12)23(14)7-8-1-3-9(4-2-8)15(19,20)21/h1-6H,7H2. The fourth-order valence-corrected chi connectivity index (χ4v) is 3.05. The second-order valence-corrected chi connectivity index (χ2v) is 6.44. The van der Waals surface area contributed by atoms with E-state index in [0.717, 1.165) is 17.6 Å². The summed E-state index contributed by atoms with van der Waals surface area (Å²) in [5, 5.41) is 0.783. The van der Waals surface area contributed by atoms with Gasteiger partial charge in [-0.25, -0.2) is 4.98 Å². The Morgan fingerprint density at radius 1 is 1.04 bits per heavy atom. The Morgan fingerprint density at radius 3 is 2.26 bits per heavy atom. The molecule has 120 valence electrons. The number of aromatic nitrogens is 2. The van der Waals surface area contributed by atoms with Crippen molar-refractivity contribution >= 4 is 50.2 Å². The monoisotopic (exact) mass is 422 g/mol. The van der Waals surface area contributed by atoms with Gasteiger partial charge in [-0.3, -0.25) is 0 Å². The second kappa shape index (κ2) is 6.00. The lowest BCUT2D eigenvalue weighted by molar-refractivity contribution is -0.137. The first-order chi connectivity index (χ1) is 10.8. The molecular weight excluding hydrogens is 416 g/mol. The largest absolute Gasteiger partial charge is 0.416 e. The predicted octanol–water partition coefficient (Wildman–Crippen LogP) is 6.17. The highest BCUT2D eigenvalue weighted by Gasteiger charge is 2.29. The summed E-state index contributed by atoms with van der Waals surface area (Å²) < 4.78 is 40.2. The lowest BCUT2D eigenvalue weighted by atomic mass is 10.1. The molecule has 0 radical (unpaired) electrons. The van der Waals surface area contributed by atoms with Gasteiger partial charge in [0.1, 0.15) is 0 Å². The SMILES string of the molecule is FC(F)(F)c1ccc(Cn2c(Br)nc3cc(Cl)c(Cl)cc32)cc1. The molecule has 0 atom stereocenters. The van der Waals surface area contributed by atoms with Crippen molar-refractivity contribution < 1.29 is 13.2 Å². The van der Waals surface area contributed by atoms with Crippen molar-refractivity contribution in [2.45, 2.75) is 12.7 Å². The van der Waals surface area contributed by atoms with E-state index in [4.69, 9.17) is 23.2 Å². The van der Waals surface area contributed by atoms with Crippen molar-refractivity contribution in [1.82, 2.24) is 9.55 Å². The molecule has 1 heterocycles. The van der Waals surface area contributed by atoms with E-state index >= 15 is 0 Å². The second-order valence-electron chi connectivity index (χ2n) is 4.92. The summed E-state index contributed by atoms with van der Waals surface area (Å²) in [7, 11) is 0. The number of imidazole rings is 1. The summed E-state index contributed by atoms with van der Waals surface area (Å²) in [6, 6.07) is 8.34. The van der Waals surface area contributed by atoms with Crippen LogP contribution in [-0.2, 0) is 12.7 Å². The van der Waals surface area contributed by atoms with Crippen molar-refractivity contribution in [3.63, 3.8) is 0 Å². The quantitative estimate of drug-likeness (QED) is 0.481. The van der Waals surface area contributed by atoms with E-state index < -0.39 is 11.7 Å². The van der Waals surface area contributed by atoms with Crippen LogP contribution in [0, 0.1) is 0 Å². The first kappa shape index (κ1) is 16.6. The van der Waals surface area contributed by atoms with Gasteiger partial charge in [0.05, 0.1) is 33.2 Å². The summed E-state index contributed by atoms with van der Waals surface area (Å²) in [6.45, 7) is 0.354. The highest BCUT2D eigenvalue weighted by atomic mass is 79.9. The molecule has 2 nitrogen and oxygen atoms in total. The van der Waals surface area contributed by atoms with E-state index in [0.29, 0.717) is 32.4 Å². The van der Waals surface area contributed by atoms with Crippen LogP contribution in [0.25, 0.3) is 11.0 Å². The fourth-order valence-electron chi connectivity index (χ4n) is 2.22. The number of fused-ring (bicyclic) bond motifs is 1. The minimum Gasteiger partial charge on any atom is -0.314 e. The maximum Gasteiger partial charge on any atom is 0.416 e. The maximum atomic E-state index is 12.6. The van der Waals surface area contributed by atoms with Gasteiger partial charge < -0.3 is 4.57 Å². The molecule has 2 aromatic carbocycles. The van der Waals surface area contributed by atoms with Crippen molar-refractivity contribution in [3.8, 4) is 0 Å². The molecule has 0 saturated carbocycles. The zero-order valence-electron chi connectivity index (χ0n) is 11.3. The molecule has 0 amide bonds. The van der Waals surface area contributed by atoms with Crippen molar-refractivity contribution in [1.29, 1.82) is 0 Å². The lowest BCUT2D eigenvalue weighted by Crippen LogP contribution is -2.05. The van der Waals surface area contributed by atoms with Gasteiger partial charge in [0, 0.05) is 0 Å². The molecule has 0 N–H and O–H groups in total. The van der Waals surface area contributed by atoms with Gasteiger partial charge >= 0.3 is 6.18 Å². The van der Waals surface area contributed by atoms with Crippen LogP contribution >= 0.6 is 39.1 Å². The van der Waals surface area contributed by atoms with Crippen molar-refractivity contribution in [2.24, 2.45) is 0 Å². The molecule has 0 bridgehead atoms. The summed E-state index contributed by atoms with van der Waals surface area (Å²) >= 11 is 15.3. The Bertz CT molecular complexity index is 873. The third kappa shape index (κ3) is 3.34. The van der Waals surface area contributed by atoms with Gasteiger partial charge in [-0.05, 0) is 45.8 Å². The normalized spacial score (nSPS) is 12.1. The smallest absolute Gasteiger partial charge is 0.314 e. The highest BCUT2D eigenvalue weighted by molar-refractivity contribution is 9.10. The van der Waals surface area contributed by atoms with Crippen LogP contribution < -0.4 is 0 Å². The van der Waals surface area contributed by atoms with E-state index in [9.17, 15) is 13.2 Å². The van der Waals surface area contributed by atoms with Crippen molar-refractivity contribution in [3.05, 3.63) is 62.3 Å². The molecule has 0 fully saturated rings. The molecule has 8 heteroatoms. The summed E-state index contributed by atoms with van der Waals surface area (Å²) in [5.74, 6) is 0.